The molecular formula is C29H35F6N3O3. The Morgan fingerprint density at radius 3 is 2.02 bits per heavy atom. The molecule has 1 aliphatic heterocycles. The minimum Gasteiger partial charge on any atom is -0.383 e. The van der Waals surface area contributed by atoms with Crippen LogP contribution in [-0.4, -0.2) is 56.1 Å². The Morgan fingerprint density at radius 1 is 1.05 bits per heavy atom. The van der Waals surface area contributed by atoms with E-state index in [1.165, 1.54) is 12.0 Å². The molecule has 1 N–H and O–H groups in total. The van der Waals surface area contributed by atoms with Gasteiger partial charge in [0.25, 0.3) is 0 Å². The highest BCUT2D eigenvalue weighted by Crippen LogP contribution is 2.44. The molecule has 0 aliphatic carbocycles. The largest absolute Gasteiger partial charge is 0.416 e. The first-order valence-corrected chi connectivity index (χ1v) is 12.9. The molecule has 226 valence electrons. The molecule has 2 unspecified atom stereocenters. The van der Waals surface area contributed by atoms with E-state index in [0.717, 1.165) is 11.1 Å². The standard InChI is InChI=1S/C29H35F6N3O3/c1-17-9-8-10-18(2)23(17)38-15-27(19(3)24(38)39,14-37(6)26(4,5)16-41-7)25(40)36-22-12-20(28(30,31)32)11-21(13-22)29(33,34)35/h8-13,19H,14-16H2,1-7H3,(H,36,40). The van der Waals surface area contributed by atoms with Gasteiger partial charge in [-0.25, -0.2) is 0 Å². The summed E-state index contributed by atoms with van der Waals surface area (Å²) in [5.74, 6) is -2.20. The van der Waals surface area contributed by atoms with E-state index >= 15 is 0 Å². The van der Waals surface area contributed by atoms with Gasteiger partial charge in [-0.05, 0) is 64.1 Å². The SMILES string of the molecule is COCC(C)(C)N(C)CC1(C(=O)Nc2cc(C(F)(F)F)cc(C(F)(F)F)c2)CN(c2c(C)cccc2C)C(=O)C1C. The van der Waals surface area contributed by atoms with E-state index < -0.39 is 51.9 Å². The number of amides is 2. The zero-order chi connectivity index (χ0) is 31.1. The molecule has 1 fully saturated rings. The number of halogens is 6. The van der Waals surface area contributed by atoms with Gasteiger partial charge in [-0.1, -0.05) is 25.1 Å². The lowest BCUT2D eigenvalue weighted by Gasteiger charge is -2.42. The van der Waals surface area contributed by atoms with Gasteiger partial charge in [0.2, 0.25) is 11.8 Å². The number of rotatable bonds is 8. The van der Waals surface area contributed by atoms with Gasteiger partial charge in [0.05, 0.1) is 29.1 Å². The van der Waals surface area contributed by atoms with Gasteiger partial charge in [-0.15, -0.1) is 0 Å². The molecule has 0 radical (unpaired) electrons. The number of likely N-dealkylation sites (N-methyl/N-ethyl adjacent to an activating group) is 1. The van der Waals surface area contributed by atoms with Crippen LogP contribution in [-0.2, 0) is 26.7 Å². The van der Waals surface area contributed by atoms with Gasteiger partial charge < -0.3 is 15.0 Å². The summed E-state index contributed by atoms with van der Waals surface area (Å²) in [5, 5.41) is 2.31. The van der Waals surface area contributed by atoms with Crippen LogP contribution in [0.3, 0.4) is 0 Å². The Hall–Kier alpha value is -3.12. The summed E-state index contributed by atoms with van der Waals surface area (Å²) in [6.07, 6.45) is -10.2. The van der Waals surface area contributed by atoms with E-state index in [1.807, 2.05) is 45.9 Å². The molecule has 6 nitrogen and oxygen atoms in total. The van der Waals surface area contributed by atoms with Crippen LogP contribution in [0.4, 0.5) is 37.7 Å². The molecule has 12 heteroatoms. The van der Waals surface area contributed by atoms with E-state index in [-0.39, 0.29) is 31.7 Å². The van der Waals surface area contributed by atoms with Crippen molar-refractivity contribution in [2.45, 2.75) is 52.5 Å². The molecular weight excluding hydrogens is 552 g/mol. The van der Waals surface area contributed by atoms with E-state index in [9.17, 15) is 35.9 Å². The van der Waals surface area contributed by atoms with Crippen LogP contribution in [0.15, 0.2) is 36.4 Å². The number of hydrogen-bond acceptors (Lipinski definition) is 4. The fraction of sp³-hybridized carbons (Fsp3) is 0.517. The number of nitrogens with one attached hydrogen (secondary N) is 1. The zero-order valence-corrected chi connectivity index (χ0v) is 24.0. The number of aryl methyl sites for hydroxylation is 2. The van der Waals surface area contributed by atoms with Gasteiger partial charge in [-0.2, -0.15) is 26.3 Å². The third-order valence-electron chi connectivity index (χ3n) is 7.96. The Bertz CT molecular complexity index is 1260. The Labute approximate surface area is 235 Å². The fourth-order valence-corrected chi connectivity index (χ4v) is 5.30. The van der Waals surface area contributed by atoms with E-state index in [1.54, 1.807) is 18.9 Å². The van der Waals surface area contributed by atoms with Gasteiger partial charge in [0.1, 0.15) is 0 Å². The molecule has 2 amide bonds. The monoisotopic (exact) mass is 587 g/mol. The van der Waals surface area contributed by atoms with Crippen LogP contribution in [0, 0.1) is 25.2 Å². The number of alkyl halides is 6. The highest BCUT2D eigenvalue weighted by molar-refractivity contribution is 6.08. The van der Waals surface area contributed by atoms with Gasteiger partial charge in [0.15, 0.2) is 0 Å². The van der Waals surface area contributed by atoms with Crippen molar-refractivity contribution < 1.29 is 40.7 Å². The van der Waals surface area contributed by atoms with E-state index in [0.29, 0.717) is 17.8 Å². The second-order valence-electron chi connectivity index (χ2n) is 11.4. The number of hydrogen-bond donors (Lipinski definition) is 1. The number of carbonyl (C=O) groups is 2. The quantitative estimate of drug-likeness (QED) is 0.368. The smallest absolute Gasteiger partial charge is 0.383 e. The van der Waals surface area contributed by atoms with Crippen LogP contribution in [0.25, 0.3) is 0 Å². The lowest BCUT2D eigenvalue weighted by Crippen LogP contribution is -2.55. The summed E-state index contributed by atoms with van der Waals surface area (Å²) >= 11 is 0. The van der Waals surface area contributed by atoms with Crippen molar-refractivity contribution in [2.75, 3.05) is 44.1 Å². The number of para-hydroxylation sites is 1. The highest BCUT2D eigenvalue weighted by Gasteiger charge is 2.57. The van der Waals surface area contributed by atoms with Gasteiger partial charge in [0, 0.05) is 37.1 Å². The van der Waals surface area contributed by atoms with Crippen LogP contribution >= 0.6 is 0 Å². The maximum absolute atomic E-state index is 14.1. The summed E-state index contributed by atoms with van der Waals surface area (Å²) in [6, 6.07) is 6.38. The number of benzene rings is 2. The molecule has 0 bridgehead atoms. The second kappa shape index (κ2) is 11.3. The fourth-order valence-electron chi connectivity index (χ4n) is 5.30. The first-order valence-electron chi connectivity index (χ1n) is 12.9. The predicted molar refractivity (Wildman–Crippen MR) is 144 cm³/mol. The molecule has 2 atom stereocenters. The van der Waals surface area contributed by atoms with Crippen LogP contribution < -0.4 is 10.2 Å². The highest BCUT2D eigenvalue weighted by atomic mass is 19.4. The normalized spacial score (nSPS) is 20.2. The molecule has 0 saturated carbocycles. The summed E-state index contributed by atoms with van der Waals surface area (Å²) < 4.78 is 86.3. The molecule has 1 aliphatic rings. The Morgan fingerprint density at radius 2 is 1.56 bits per heavy atom. The lowest BCUT2D eigenvalue weighted by molar-refractivity contribution is -0.143. The van der Waals surface area contributed by atoms with Crippen molar-refractivity contribution in [3.8, 4) is 0 Å². The molecule has 1 heterocycles. The average Bonchev–Trinajstić information content (AvgIpc) is 3.08. The number of methoxy groups -OCH3 is 1. The number of anilines is 2. The molecule has 2 aromatic rings. The average molecular weight is 588 g/mol. The van der Waals surface area contributed by atoms with Gasteiger partial charge >= 0.3 is 12.4 Å². The molecule has 1 saturated heterocycles. The summed E-state index contributed by atoms with van der Waals surface area (Å²) in [6.45, 7) is 8.99. The first-order chi connectivity index (χ1) is 18.7. The predicted octanol–water partition coefficient (Wildman–Crippen LogP) is 6.31. The third-order valence-corrected chi connectivity index (χ3v) is 7.96. The maximum Gasteiger partial charge on any atom is 0.416 e. The van der Waals surface area contributed by atoms with Crippen molar-refractivity contribution in [1.29, 1.82) is 0 Å². The van der Waals surface area contributed by atoms with Crippen LogP contribution in [0.5, 0.6) is 0 Å². The van der Waals surface area contributed by atoms with Crippen molar-refractivity contribution in [2.24, 2.45) is 11.3 Å². The lowest BCUT2D eigenvalue weighted by atomic mass is 9.76. The van der Waals surface area contributed by atoms with Crippen LogP contribution in [0.2, 0.25) is 0 Å². The number of ether oxygens (including phenoxy) is 1. The molecule has 0 spiro atoms. The van der Waals surface area contributed by atoms with Crippen LogP contribution in [0.1, 0.15) is 43.0 Å². The molecule has 41 heavy (non-hydrogen) atoms. The Kier molecular flexibility index (Phi) is 8.91. The summed E-state index contributed by atoms with van der Waals surface area (Å²) in [4.78, 5) is 31.1. The number of carbonyl (C=O) groups excluding carboxylic acids is 2. The number of nitrogens with zero attached hydrogens (tertiary/aromatic N) is 2. The third kappa shape index (κ3) is 6.53. The van der Waals surface area contributed by atoms with Crippen molar-refractivity contribution in [3.05, 3.63) is 58.7 Å². The van der Waals surface area contributed by atoms with E-state index in [4.69, 9.17) is 4.74 Å². The molecule has 0 aromatic heterocycles. The summed E-state index contributed by atoms with van der Waals surface area (Å²) in [5.41, 5.74) is -3.78. The molecule has 2 aromatic carbocycles. The zero-order valence-electron chi connectivity index (χ0n) is 24.0. The van der Waals surface area contributed by atoms with Crippen molar-refractivity contribution in [3.63, 3.8) is 0 Å². The summed E-state index contributed by atoms with van der Waals surface area (Å²) in [7, 11) is 3.23. The maximum atomic E-state index is 14.1. The Balaban J connectivity index is 2.14. The van der Waals surface area contributed by atoms with Gasteiger partial charge in [-0.3, -0.25) is 14.5 Å². The molecule has 3 rings (SSSR count). The topological polar surface area (TPSA) is 61.9 Å². The van der Waals surface area contributed by atoms with Crippen molar-refractivity contribution in [1.82, 2.24) is 4.90 Å². The minimum absolute atomic E-state index is 0.00309. The first kappa shape index (κ1) is 32.4. The minimum atomic E-state index is -5.08. The second-order valence-corrected chi connectivity index (χ2v) is 11.4. The van der Waals surface area contributed by atoms with Crippen molar-refractivity contribution >= 4 is 23.2 Å². The van der Waals surface area contributed by atoms with E-state index in [2.05, 4.69) is 5.32 Å².